The minimum Gasteiger partial charge on any atom is -0.494 e. The molecule has 2 rings (SSSR count). The second kappa shape index (κ2) is 7.92. The average molecular weight is 353 g/mol. The quantitative estimate of drug-likeness (QED) is 0.815. The van der Waals surface area contributed by atoms with Crippen LogP contribution in [0.2, 0.25) is 0 Å². The Kier molecular flexibility index (Phi) is 5.90. The molecule has 0 atom stereocenters. The molecule has 0 saturated heterocycles. The van der Waals surface area contributed by atoms with Crippen LogP contribution in [0.1, 0.15) is 29.8 Å². The van der Waals surface area contributed by atoms with Crippen molar-refractivity contribution in [3.63, 3.8) is 0 Å². The molecule has 1 amide bonds. The van der Waals surface area contributed by atoms with Crippen molar-refractivity contribution in [1.82, 2.24) is 0 Å². The van der Waals surface area contributed by atoms with E-state index in [9.17, 15) is 18.0 Å². The molecule has 2 aromatic rings. The number of hydrogen-bond donors (Lipinski definition) is 1. The highest BCUT2D eigenvalue weighted by Gasteiger charge is 2.30. The van der Waals surface area contributed by atoms with Crippen LogP contribution in [0.5, 0.6) is 11.5 Å². The van der Waals surface area contributed by atoms with Crippen molar-refractivity contribution in [3.05, 3.63) is 53.6 Å². The van der Waals surface area contributed by atoms with E-state index in [-0.39, 0.29) is 5.56 Å². The summed E-state index contributed by atoms with van der Waals surface area (Å²) >= 11 is 0. The second-order valence-electron chi connectivity index (χ2n) is 5.05. The van der Waals surface area contributed by atoms with Crippen LogP contribution >= 0.6 is 0 Å². The fourth-order valence-corrected chi connectivity index (χ4v) is 2.15. The van der Waals surface area contributed by atoms with Gasteiger partial charge in [-0.3, -0.25) is 4.79 Å². The molecule has 0 aliphatic heterocycles. The highest BCUT2D eigenvalue weighted by Crippen LogP contribution is 2.31. The molecular weight excluding hydrogens is 335 g/mol. The van der Waals surface area contributed by atoms with E-state index >= 15 is 0 Å². The molecular formula is C18H18F3NO3. The number of halogens is 3. The van der Waals surface area contributed by atoms with Crippen molar-refractivity contribution in [2.45, 2.75) is 20.0 Å². The summed E-state index contributed by atoms with van der Waals surface area (Å²) in [6.07, 6.45) is -4.44. The van der Waals surface area contributed by atoms with Gasteiger partial charge in [-0.05, 0) is 50.2 Å². The minimum atomic E-state index is -4.44. The Hall–Kier alpha value is -2.70. The summed E-state index contributed by atoms with van der Waals surface area (Å²) in [5.74, 6) is 0.461. The zero-order chi connectivity index (χ0) is 18.4. The van der Waals surface area contributed by atoms with Crippen LogP contribution in [0.4, 0.5) is 18.9 Å². The Labute approximate surface area is 143 Å². The molecule has 0 unspecified atom stereocenters. The van der Waals surface area contributed by atoms with Crippen LogP contribution in [0.25, 0.3) is 0 Å². The van der Waals surface area contributed by atoms with Gasteiger partial charge < -0.3 is 14.8 Å². The fourth-order valence-electron chi connectivity index (χ4n) is 2.15. The average Bonchev–Trinajstić information content (AvgIpc) is 2.57. The maximum atomic E-state index is 12.6. The van der Waals surface area contributed by atoms with E-state index in [4.69, 9.17) is 9.47 Å². The van der Waals surface area contributed by atoms with Crippen LogP contribution < -0.4 is 14.8 Å². The molecule has 25 heavy (non-hydrogen) atoms. The van der Waals surface area contributed by atoms with E-state index < -0.39 is 17.6 Å². The summed E-state index contributed by atoms with van der Waals surface area (Å²) in [6, 6.07) is 8.98. The molecule has 0 aliphatic rings. The van der Waals surface area contributed by atoms with Gasteiger partial charge in [0.1, 0.15) is 11.5 Å². The molecule has 0 saturated carbocycles. The van der Waals surface area contributed by atoms with Crippen molar-refractivity contribution in [2.75, 3.05) is 18.5 Å². The number of ether oxygens (including phenoxy) is 2. The summed E-state index contributed by atoms with van der Waals surface area (Å²) in [5.41, 5.74) is -0.313. The number of rotatable bonds is 6. The fraction of sp³-hybridized carbons (Fsp3) is 0.278. The van der Waals surface area contributed by atoms with Crippen molar-refractivity contribution >= 4 is 11.6 Å². The summed E-state index contributed by atoms with van der Waals surface area (Å²) in [4.78, 5) is 12.3. The highest BCUT2D eigenvalue weighted by molar-refractivity contribution is 6.05. The summed E-state index contributed by atoms with van der Waals surface area (Å²) in [7, 11) is 0. The molecule has 0 radical (unpaired) electrons. The van der Waals surface area contributed by atoms with Gasteiger partial charge in [-0.2, -0.15) is 13.2 Å². The molecule has 0 spiro atoms. The molecule has 1 N–H and O–H groups in total. The largest absolute Gasteiger partial charge is 0.494 e. The topological polar surface area (TPSA) is 47.6 Å². The van der Waals surface area contributed by atoms with Gasteiger partial charge in [-0.25, -0.2) is 0 Å². The lowest BCUT2D eigenvalue weighted by Crippen LogP contribution is -2.14. The number of anilines is 1. The van der Waals surface area contributed by atoms with Crippen LogP contribution in [-0.4, -0.2) is 19.1 Å². The molecule has 0 aromatic heterocycles. The first-order valence-corrected chi connectivity index (χ1v) is 7.73. The van der Waals surface area contributed by atoms with E-state index in [2.05, 4.69) is 5.32 Å². The SMILES string of the molecule is CCOc1ccc(OCC)c(NC(=O)c2ccc(C(F)(F)F)cc2)c1. The molecule has 4 nitrogen and oxygen atoms in total. The molecule has 7 heteroatoms. The number of alkyl halides is 3. The summed E-state index contributed by atoms with van der Waals surface area (Å²) in [6.45, 7) is 4.49. The molecule has 0 fully saturated rings. The van der Waals surface area contributed by atoms with Crippen LogP contribution in [0.3, 0.4) is 0 Å². The Bertz CT molecular complexity index is 727. The summed E-state index contributed by atoms with van der Waals surface area (Å²) in [5, 5.41) is 2.64. The Morgan fingerprint density at radius 2 is 1.64 bits per heavy atom. The lowest BCUT2D eigenvalue weighted by atomic mass is 10.1. The van der Waals surface area contributed by atoms with Crippen LogP contribution in [0.15, 0.2) is 42.5 Å². The van der Waals surface area contributed by atoms with Crippen LogP contribution in [0, 0.1) is 0 Å². The van der Waals surface area contributed by atoms with Gasteiger partial charge in [0.25, 0.3) is 5.91 Å². The van der Waals surface area contributed by atoms with Gasteiger partial charge in [-0.15, -0.1) is 0 Å². The number of hydrogen-bond acceptors (Lipinski definition) is 3. The smallest absolute Gasteiger partial charge is 0.416 e. The van der Waals surface area contributed by atoms with Gasteiger partial charge in [-0.1, -0.05) is 0 Å². The number of amides is 1. The Morgan fingerprint density at radius 3 is 2.20 bits per heavy atom. The third kappa shape index (κ3) is 4.89. The number of nitrogens with one attached hydrogen (secondary N) is 1. The van der Waals surface area contributed by atoms with E-state index in [1.54, 1.807) is 25.1 Å². The van der Waals surface area contributed by atoms with E-state index in [1.807, 2.05) is 6.92 Å². The van der Waals surface area contributed by atoms with Crippen molar-refractivity contribution in [2.24, 2.45) is 0 Å². The Balaban J connectivity index is 2.22. The lowest BCUT2D eigenvalue weighted by molar-refractivity contribution is -0.137. The molecule has 0 heterocycles. The third-order valence-corrected chi connectivity index (χ3v) is 3.28. The molecule has 0 aliphatic carbocycles. The first kappa shape index (κ1) is 18.6. The van der Waals surface area contributed by atoms with E-state index in [0.29, 0.717) is 30.4 Å². The molecule has 134 valence electrons. The number of carbonyl (C=O) groups excluding carboxylic acids is 1. The van der Waals surface area contributed by atoms with E-state index in [0.717, 1.165) is 24.3 Å². The maximum Gasteiger partial charge on any atom is 0.416 e. The van der Waals surface area contributed by atoms with Crippen molar-refractivity contribution in [3.8, 4) is 11.5 Å². The second-order valence-corrected chi connectivity index (χ2v) is 5.05. The van der Waals surface area contributed by atoms with Gasteiger partial charge in [0, 0.05) is 11.6 Å². The van der Waals surface area contributed by atoms with Gasteiger partial charge in [0.05, 0.1) is 24.5 Å². The van der Waals surface area contributed by atoms with Gasteiger partial charge in [0.15, 0.2) is 0 Å². The normalized spacial score (nSPS) is 11.1. The maximum absolute atomic E-state index is 12.6. The standard InChI is InChI=1S/C18H18F3NO3/c1-3-24-14-9-10-16(25-4-2)15(11-14)22-17(23)12-5-7-13(8-6-12)18(19,20)21/h5-11H,3-4H2,1-2H3,(H,22,23). The van der Waals surface area contributed by atoms with Crippen molar-refractivity contribution < 1.29 is 27.4 Å². The minimum absolute atomic E-state index is 0.109. The van der Waals surface area contributed by atoms with Crippen LogP contribution in [-0.2, 0) is 6.18 Å². The van der Waals surface area contributed by atoms with E-state index in [1.165, 1.54) is 0 Å². The molecule has 2 aromatic carbocycles. The lowest BCUT2D eigenvalue weighted by Gasteiger charge is -2.14. The van der Waals surface area contributed by atoms with Gasteiger partial charge in [0.2, 0.25) is 0 Å². The summed E-state index contributed by atoms with van der Waals surface area (Å²) < 4.78 is 48.6. The third-order valence-electron chi connectivity index (χ3n) is 3.28. The first-order chi connectivity index (χ1) is 11.8. The Morgan fingerprint density at radius 1 is 1.00 bits per heavy atom. The predicted molar refractivity (Wildman–Crippen MR) is 88.2 cm³/mol. The predicted octanol–water partition coefficient (Wildman–Crippen LogP) is 4.76. The highest BCUT2D eigenvalue weighted by atomic mass is 19.4. The van der Waals surface area contributed by atoms with Gasteiger partial charge >= 0.3 is 6.18 Å². The number of benzene rings is 2. The zero-order valence-electron chi connectivity index (χ0n) is 13.8. The zero-order valence-corrected chi connectivity index (χ0v) is 13.8. The first-order valence-electron chi connectivity index (χ1n) is 7.73. The monoisotopic (exact) mass is 353 g/mol. The molecule has 0 bridgehead atoms. The van der Waals surface area contributed by atoms with Crippen molar-refractivity contribution in [1.29, 1.82) is 0 Å². The number of carbonyl (C=O) groups is 1.